The molecule has 0 spiro atoms. The van der Waals surface area contributed by atoms with Gasteiger partial charge in [0.2, 0.25) is 0 Å². The van der Waals surface area contributed by atoms with E-state index in [0.717, 1.165) is 0 Å². The van der Waals surface area contributed by atoms with Crippen LogP contribution in [-0.4, -0.2) is 51.8 Å². The Labute approximate surface area is 219 Å². The maximum Gasteiger partial charge on any atom is -0.0564 e. The maximum absolute atomic E-state index is 2.90. The second-order valence-corrected chi connectivity index (χ2v) is 23.6. The van der Waals surface area contributed by atoms with Gasteiger partial charge in [0.25, 0.3) is 0 Å². The molecular formula is C28H50N2Si2Zr. The molecule has 0 atom stereocenters. The van der Waals surface area contributed by atoms with Gasteiger partial charge in [-0.2, -0.15) is 0 Å². The van der Waals surface area contributed by atoms with Crippen molar-refractivity contribution in [1.29, 1.82) is 0 Å². The fourth-order valence-electron chi connectivity index (χ4n) is 6.38. The van der Waals surface area contributed by atoms with Crippen LogP contribution in [0.5, 0.6) is 0 Å². The average molecular weight is 562 g/mol. The van der Waals surface area contributed by atoms with Gasteiger partial charge in [-0.25, -0.2) is 0 Å². The summed E-state index contributed by atoms with van der Waals surface area (Å²) < 4.78 is 9.69. The summed E-state index contributed by atoms with van der Waals surface area (Å²) >= 11 is -0.689. The summed E-state index contributed by atoms with van der Waals surface area (Å²) in [6.07, 6.45) is 16.0. The van der Waals surface area contributed by atoms with Crippen molar-refractivity contribution in [3.8, 4) is 0 Å². The van der Waals surface area contributed by atoms with Gasteiger partial charge in [-0.3, -0.25) is 0 Å². The summed E-state index contributed by atoms with van der Waals surface area (Å²) in [6.45, 7) is 25.2. The zero-order valence-corrected chi connectivity index (χ0v) is 27.5. The van der Waals surface area contributed by atoms with Crippen LogP contribution >= 0.6 is 0 Å². The normalized spacial score (nSPS) is 22.7. The monoisotopic (exact) mass is 560 g/mol. The number of nitrogens with zero attached hydrogens (tertiary/aromatic N) is 2. The van der Waals surface area contributed by atoms with Crippen molar-refractivity contribution < 1.29 is 23.2 Å². The molecule has 2 aliphatic heterocycles. The molecule has 184 valence electrons. The summed E-state index contributed by atoms with van der Waals surface area (Å²) in [5.74, 6) is 0. The smallest absolute Gasteiger partial charge is 0.0564 e. The van der Waals surface area contributed by atoms with E-state index in [1.54, 1.807) is 11.1 Å². The van der Waals surface area contributed by atoms with E-state index >= 15 is 0 Å². The van der Waals surface area contributed by atoms with Crippen molar-refractivity contribution in [2.75, 3.05) is 26.2 Å². The second-order valence-electron chi connectivity index (χ2n) is 11.5. The van der Waals surface area contributed by atoms with Crippen LogP contribution in [0.4, 0.5) is 0 Å². The fourth-order valence-corrected chi connectivity index (χ4v) is 22.4. The molecule has 0 saturated carbocycles. The third-order valence-corrected chi connectivity index (χ3v) is 21.3. The van der Waals surface area contributed by atoms with Gasteiger partial charge in [-0.15, -0.1) is 0 Å². The van der Waals surface area contributed by atoms with Gasteiger partial charge >= 0.3 is 194 Å². The van der Waals surface area contributed by atoms with Crippen molar-refractivity contribution >= 4 is 16.5 Å². The first-order valence-corrected chi connectivity index (χ1v) is 22.1. The Morgan fingerprint density at radius 1 is 0.667 bits per heavy atom. The number of hydrogen-bond acceptors (Lipinski definition) is 2. The Balaban J connectivity index is 0.000000709. The molecule has 5 heteroatoms. The van der Waals surface area contributed by atoms with E-state index in [2.05, 4.69) is 75.2 Å². The molecule has 0 aromatic rings. The standard InChI is InChI=1S/2C12H20NSi.C4H10.Zr/c2*1-11-7-6-8-12(11)14(2,3)13-9-4-5-10-13;1-3-4-2;/h2*7H,4-6,9-10H2,1-3H3;3-4H2,1-2H3;. The minimum absolute atomic E-state index is 0.689. The first-order chi connectivity index (χ1) is 15.6. The molecule has 0 aromatic carbocycles. The van der Waals surface area contributed by atoms with Gasteiger partial charge in [0.1, 0.15) is 0 Å². The number of rotatable bonds is 7. The van der Waals surface area contributed by atoms with E-state index in [-0.39, 0.29) is 0 Å². The first kappa shape index (κ1) is 27.8. The zero-order valence-electron chi connectivity index (χ0n) is 23.0. The quantitative estimate of drug-likeness (QED) is 0.293. The Hall–Kier alpha value is 0.197. The summed E-state index contributed by atoms with van der Waals surface area (Å²) in [4.78, 5) is 0. The van der Waals surface area contributed by atoms with E-state index in [1.165, 1.54) is 77.5 Å². The third kappa shape index (κ3) is 6.13. The molecular weight excluding hydrogens is 512 g/mol. The van der Waals surface area contributed by atoms with Crippen LogP contribution in [0.2, 0.25) is 26.2 Å². The summed E-state index contributed by atoms with van der Waals surface area (Å²) in [7, 11) is -2.99. The maximum atomic E-state index is 2.90. The molecule has 4 rings (SSSR count). The van der Waals surface area contributed by atoms with Gasteiger partial charge in [0.05, 0.1) is 0 Å². The molecule has 0 aromatic heterocycles. The molecule has 33 heavy (non-hydrogen) atoms. The minimum atomic E-state index is -1.50. The molecule has 2 nitrogen and oxygen atoms in total. The minimum Gasteiger partial charge on any atom is -0.0654 e. The van der Waals surface area contributed by atoms with Crippen LogP contribution in [0.3, 0.4) is 0 Å². The number of allylic oxidation sites excluding steroid dienone is 8. The molecule has 2 heterocycles. The van der Waals surface area contributed by atoms with E-state index in [0.29, 0.717) is 0 Å². The molecule has 0 amide bonds. The molecule has 0 unspecified atom stereocenters. The largest absolute Gasteiger partial charge is 0.0654 e. The predicted octanol–water partition coefficient (Wildman–Crippen LogP) is 7.76. The Morgan fingerprint density at radius 3 is 1.30 bits per heavy atom. The zero-order chi connectivity index (χ0) is 24.2. The van der Waals surface area contributed by atoms with Gasteiger partial charge in [0, 0.05) is 0 Å². The molecule has 0 N–H and O–H groups in total. The molecule has 2 saturated heterocycles. The van der Waals surface area contributed by atoms with Crippen molar-refractivity contribution in [2.45, 2.75) is 105 Å². The van der Waals surface area contributed by atoms with Crippen LogP contribution in [0, 0.1) is 0 Å². The average Bonchev–Trinajstić information content (AvgIpc) is 3.56. The summed E-state index contributed by atoms with van der Waals surface area (Å²) in [6, 6.07) is 0. The predicted molar refractivity (Wildman–Crippen MR) is 148 cm³/mol. The van der Waals surface area contributed by atoms with Crippen LogP contribution in [0.15, 0.2) is 40.3 Å². The van der Waals surface area contributed by atoms with Crippen molar-refractivity contribution in [3.05, 3.63) is 40.3 Å². The van der Waals surface area contributed by atoms with Crippen LogP contribution < -0.4 is 0 Å². The van der Waals surface area contributed by atoms with E-state index < -0.39 is 39.7 Å². The van der Waals surface area contributed by atoms with Gasteiger partial charge in [-0.05, 0) is 0 Å². The SMILES string of the molecule is CC1=CC[C]([Zr][C]2=C([Si](C)(C)N3CCCC3)C(C)=CC2)=C1[Si](C)(C)N1CCCC1.CCCC. The second kappa shape index (κ2) is 12.0. The van der Waals surface area contributed by atoms with E-state index in [9.17, 15) is 0 Å². The van der Waals surface area contributed by atoms with Gasteiger partial charge in [0.15, 0.2) is 0 Å². The first-order valence-electron chi connectivity index (χ1n) is 13.7. The molecule has 0 bridgehead atoms. The van der Waals surface area contributed by atoms with E-state index in [4.69, 9.17) is 0 Å². The Kier molecular flexibility index (Phi) is 10.1. The third-order valence-electron chi connectivity index (χ3n) is 8.44. The van der Waals surface area contributed by atoms with Crippen molar-refractivity contribution in [3.63, 3.8) is 0 Å². The van der Waals surface area contributed by atoms with Crippen molar-refractivity contribution in [1.82, 2.24) is 9.13 Å². The van der Waals surface area contributed by atoms with Crippen LogP contribution in [-0.2, 0) is 23.2 Å². The molecule has 0 radical (unpaired) electrons. The number of hydrogen-bond donors (Lipinski definition) is 0. The Bertz CT molecular complexity index is 755. The summed E-state index contributed by atoms with van der Waals surface area (Å²) in [5.41, 5.74) is 3.29. The van der Waals surface area contributed by atoms with Crippen molar-refractivity contribution in [2.24, 2.45) is 0 Å². The van der Waals surface area contributed by atoms with E-state index in [1.807, 2.05) is 17.0 Å². The van der Waals surface area contributed by atoms with Gasteiger partial charge < -0.3 is 0 Å². The fraction of sp³-hybridized carbons (Fsp3) is 0.714. The van der Waals surface area contributed by atoms with Gasteiger partial charge in [-0.1, -0.05) is 26.7 Å². The molecule has 2 aliphatic carbocycles. The van der Waals surface area contributed by atoms with Crippen LogP contribution in [0.1, 0.15) is 79.1 Å². The Morgan fingerprint density at radius 2 is 1.00 bits per heavy atom. The topological polar surface area (TPSA) is 6.48 Å². The number of unbranched alkanes of at least 4 members (excludes halogenated alkanes) is 1. The molecule has 2 fully saturated rings. The molecule has 4 aliphatic rings. The summed E-state index contributed by atoms with van der Waals surface area (Å²) in [5, 5.41) is 3.76. The van der Waals surface area contributed by atoms with Crippen LogP contribution in [0.25, 0.3) is 0 Å².